The zero-order valence-electron chi connectivity index (χ0n) is 14.3. The van der Waals surface area contributed by atoms with E-state index in [1.165, 1.54) is 12.0 Å². The van der Waals surface area contributed by atoms with Gasteiger partial charge in [-0.15, -0.1) is 0 Å². The average molecular weight is 300 g/mol. The van der Waals surface area contributed by atoms with E-state index in [2.05, 4.69) is 51.0 Å². The molecule has 0 aromatic carbocycles. The molecule has 1 rings (SSSR count). The monoisotopic (exact) mass is 300 g/mol. The first-order valence-electron chi connectivity index (χ1n) is 7.03. The first kappa shape index (κ1) is 20.9. The number of allylic oxidation sites excluding steroid dienone is 7. The van der Waals surface area contributed by atoms with Gasteiger partial charge in [0.25, 0.3) is 0 Å². The van der Waals surface area contributed by atoms with Crippen LogP contribution in [0.4, 0.5) is 0 Å². The summed E-state index contributed by atoms with van der Waals surface area (Å²) in [6.07, 6.45) is 11.8. The molecule has 19 heavy (non-hydrogen) atoms. The van der Waals surface area contributed by atoms with Crippen LogP contribution in [-0.4, -0.2) is 14.1 Å². The molecule has 1 aliphatic rings. The van der Waals surface area contributed by atoms with Gasteiger partial charge in [0.05, 0.1) is 0 Å². The first-order valence-corrected chi connectivity index (χ1v) is 14.1. The number of nitrogens with one attached hydrogen (secondary N) is 1. The second-order valence-corrected chi connectivity index (χ2v) is 20.6. The van der Waals surface area contributed by atoms with Crippen molar-refractivity contribution in [2.45, 2.75) is 41.2 Å². The number of hydrogen-bond acceptors (Lipinski definition) is 1. The van der Waals surface area contributed by atoms with Crippen LogP contribution in [0.2, 0.25) is 20.9 Å². The summed E-state index contributed by atoms with van der Waals surface area (Å²) < 4.78 is 1.72. The topological polar surface area (TPSA) is 12.0 Å². The van der Waals surface area contributed by atoms with Crippen LogP contribution in [0.15, 0.2) is 46.4 Å². The SMILES string of the molecule is C=CC(C)=CC.CNC.[CH3][Ti]([CH3])([CH3])([CH3])[C]1=CC=CC1. The van der Waals surface area contributed by atoms with Gasteiger partial charge in [-0.05, 0) is 27.9 Å². The van der Waals surface area contributed by atoms with Crippen molar-refractivity contribution in [2.75, 3.05) is 14.1 Å². The fraction of sp³-hybridized carbons (Fsp3) is 0.529. The summed E-state index contributed by atoms with van der Waals surface area (Å²) in [6.45, 7) is 7.58. The number of hydrogen-bond donors (Lipinski definition) is 1. The van der Waals surface area contributed by atoms with Crippen molar-refractivity contribution < 1.29 is 15.3 Å². The maximum absolute atomic E-state index is 3.56. The van der Waals surface area contributed by atoms with Gasteiger partial charge in [0.15, 0.2) is 0 Å². The second-order valence-electron chi connectivity index (χ2n) is 7.06. The van der Waals surface area contributed by atoms with Crippen molar-refractivity contribution in [1.82, 2.24) is 5.32 Å². The molecule has 0 radical (unpaired) electrons. The molecule has 0 aromatic rings. The zero-order chi connectivity index (χ0) is 15.6. The van der Waals surface area contributed by atoms with Gasteiger partial charge < -0.3 is 5.32 Å². The quantitative estimate of drug-likeness (QED) is 0.510. The molecule has 0 unspecified atom stereocenters. The predicted octanol–water partition coefficient (Wildman–Crippen LogP) is 5.69. The molecule has 111 valence electrons. The van der Waals surface area contributed by atoms with E-state index in [0.717, 1.165) is 0 Å². The summed E-state index contributed by atoms with van der Waals surface area (Å²) in [6, 6.07) is 0. The van der Waals surface area contributed by atoms with Gasteiger partial charge >= 0.3 is 64.7 Å². The van der Waals surface area contributed by atoms with Gasteiger partial charge in [0, 0.05) is 0 Å². The Morgan fingerprint density at radius 2 is 1.74 bits per heavy atom. The van der Waals surface area contributed by atoms with Gasteiger partial charge in [-0.2, -0.15) is 0 Å². The number of rotatable bonds is 2. The Morgan fingerprint density at radius 1 is 1.26 bits per heavy atom. The third kappa shape index (κ3) is 12.4. The van der Waals surface area contributed by atoms with Gasteiger partial charge in [-0.25, -0.2) is 0 Å². The second kappa shape index (κ2) is 9.52. The summed E-state index contributed by atoms with van der Waals surface area (Å²) in [4.78, 5) is 0. The maximum atomic E-state index is 3.56. The van der Waals surface area contributed by atoms with E-state index in [-0.39, 0.29) is 0 Å². The molecule has 1 nitrogen and oxygen atoms in total. The van der Waals surface area contributed by atoms with Crippen molar-refractivity contribution in [2.24, 2.45) is 0 Å². The van der Waals surface area contributed by atoms with Crippen molar-refractivity contribution in [3.8, 4) is 0 Å². The summed E-state index contributed by atoms with van der Waals surface area (Å²) in [5.41, 5.74) is 1.23. The molecule has 1 N–H and O–H groups in total. The summed E-state index contributed by atoms with van der Waals surface area (Å²) >= 11 is -2.02. The van der Waals surface area contributed by atoms with Crippen LogP contribution in [0, 0.1) is 0 Å². The predicted molar refractivity (Wildman–Crippen MR) is 89.9 cm³/mol. The molecule has 0 saturated carbocycles. The molecule has 0 heterocycles. The van der Waals surface area contributed by atoms with Crippen LogP contribution in [0.3, 0.4) is 0 Å². The Labute approximate surface area is 122 Å². The molecule has 1 aliphatic carbocycles. The van der Waals surface area contributed by atoms with Crippen LogP contribution in [-0.2, 0) is 15.3 Å². The van der Waals surface area contributed by atoms with Gasteiger partial charge in [0.2, 0.25) is 0 Å². The Balaban J connectivity index is 0. The Morgan fingerprint density at radius 3 is 1.84 bits per heavy atom. The van der Waals surface area contributed by atoms with Crippen LogP contribution >= 0.6 is 0 Å². The standard InChI is InChI=1S/C6H10.C5H5.C2H7N.4CH3.Ti/c1-4-6(3)5-2;1-2-4-5-3-1;1-3-2;;;;;/h4-5H,1H2,2-3H3;1-3H,4H2;3H,1-2H3;4*1H3;. The average Bonchev–Trinajstić information content (AvgIpc) is 2.82. The van der Waals surface area contributed by atoms with E-state index in [4.69, 9.17) is 0 Å². The van der Waals surface area contributed by atoms with Gasteiger partial charge in [-0.1, -0.05) is 24.3 Å². The Hall–Kier alpha value is -0.366. The molecule has 0 bridgehead atoms. The fourth-order valence-electron chi connectivity index (χ4n) is 1.31. The molecule has 0 aliphatic heterocycles. The Bertz CT molecular complexity index is 342. The van der Waals surface area contributed by atoms with Gasteiger partial charge in [-0.3, -0.25) is 0 Å². The fourth-order valence-corrected chi connectivity index (χ4v) is 3.96. The molecule has 0 saturated heterocycles. The molecule has 2 heteroatoms. The van der Waals surface area contributed by atoms with E-state index in [0.29, 0.717) is 0 Å². The Kier molecular flexibility index (Phi) is 10.5. The first-order chi connectivity index (χ1) is 8.59. The third-order valence-electron chi connectivity index (χ3n) is 2.83. The van der Waals surface area contributed by atoms with Crippen molar-refractivity contribution in [1.29, 1.82) is 0 Å². The van der Waals surface area contributed by atoms with Crippen molar-refractivity contribution >= 4 is 0 Å². The normalized spacial score (nSPS) is 16.1. The van der Waals surface area contributed by atoms with Crippen molar-refractivity contribution in [3.05, 3.63) is 46.4 Å². The summed E-state index contributed by atoms with van der Waals surface area (Å²) in [5.74, 6) is 0. The van der Waals surface area contributed by atoms with Gasteiger partial charge in [0.1, 0.15) is 0 Å². The molecule has 0 amide bonds. The molecule has 0 fully saturated rings. The summed E-state index contributed by atoms with van der Waals surface area (Å²) in [7, 11) is 3.75. The zero-order valence-corrected chi connectivity index (χ0v) is 15.9. The summed E-state index contributed by atoms with van der Waals surface area (Å²) in [5, 5.41) is 12.6. The van der Waals surface area contributed by atoms with E-state index in [9.17, 15) is 0 Å². The van der Waals surface area contributed by atoms with E-state index in [1.807, 2.05) is 40.1 Å². The van der Waals surface area contributed by atoms with Crippen LogP contribution in [0.1, 0.15) is 20.3 Å². The van der Waals surface area contributed by atoms with Crippen LogP contribution in [0.25, 0.3) is 0 Å². The minimum absolute atomic E-state index is 1.22. The van der Waals surface area contributed by atoms with E-state index < -0.39 is 15.3 Å². The molecule has 0 spiro atoms. The molecular weight excluding hydrogens is 266 g/mol. The van der Waals surface area contributed by atoms with Crippen LogP contribution in [0.5, 0.6) is 0 Å². The molecular formula is C17H34NTi. The van der Waals surface area contributed by atoms with Crippen molar-refractivity contribution in [3.63, 3.8) is 0 Å². The van der Waals surface area contributed by atoms with Crippen LogP contribution < -0.4 is 5.32 Å². The molecule has 0 atom stereocenters. The van der Waals surface area contributed by atoms with E-state index in [1.54, 1.807) is 3.88 Å². The third-order valence-corrected chi connectivity index (χ3v) is 7.42. The minimum atomic E-state index is -2.02. The molecule has 0 aromatic heterocycles. The van der Waals surface area contributed by atoms with E-state index >= 15 is 0 Å².